The second-order valence-electron chi connectivity index (χ2n) is 9.64. The molecule has 2 aliphatic heterocycles. The standard InChI is InChI=1S/C26H32O6/c1-24(2)30-21-15-26(32-22(21)31-24,18-28-16-19-9-5-3-6-10-19)25(13-14-25)23(27)29-17-20-11-7-4-8-12-20/h3-12,21-23,27H,13-18H2,1-2H3/t21?,22-,23?,26?/m0/s1. The van der Waals surface area contributed by atoms with Gasteiger partial charge in [0.15, 0.2) is 18.4 Å². The van der Waals surface area contributed by atoms with E-state index in [-0.39, 0.29) is 6.10 Å². The van der Waals surface area contributed by atoms with Gasteiger partial charge in [0.25, 0.3) is 0 Å². The van der Waals surface area contributed by atoms with E-state index in [4.69, 9.17) is 23.7 Å². The van der Waals surface area contributed by atoms with Gasteiger partial charge in [-0.05, 0) is 37.8 Å². The highest BCUT2D eigenvalue weighted by atomic mass is 16.8. The van der Waals surface area contributed by atoms with E-state index in [2.05, 4.69) is 0 Å². The largest absolute Gasteiger partial charge is 0.374 e. The number of fused-ring (bicyclic) bond motifs is 1. The fourth-order valence-corrected chi connectivity index (χ4v) is 5.07. The van der Waals surface area contributed by atoms with Crippen LogP contribution in [0.4, 0.5) is 0 Å². The van der Waals surface area contributed by atoms with Crippen LogP contribution >= 0.6 is 0 Å². The van der Waals surface area contributed by atoms with Gasteiger partial charge in [-0.1, -0.05) is 60.7 Å². The van der Waals surface area contributed by atoms with Gasteiger partial charge in [-0.15, -0.1) is 0 Å². The number of aliphatic hydroxyl groups excluding tert-OH is 1. The number of aliphatic hydroxyl groups is 1. The maximum absolute atomic E-state index is 11.2. The Morgan fingerprint density at radius 3 is 2.12 bits per heavy atom. The van der Waals surface area contributed by atoms with Gasteiger partial charge in [0.2, 0.25) is 0 Å². The van der Waals surface area contributed by atoms with Gasteiger partial charge in [0, 0.05) is 6.42 Å². The Morgan fingerprint density at radius 2 is 1.53 bits per heavy atom. The number of ether oxygens (including phenoxy) is 5. The van der Waals surface area contributed by atoms with Crippen molar-refractivity contribution in [2.45, 2.75) is 76.4 Å². The predicted octanol–water partition coefficient (Wildman–Crippen LogP) is 4.16. The molecule has 6 heteroatoms. The molecule has 1 saturated carbocycles. The van der Waals surface area contributed by atoms with Gasteiger partial charge in [-0.25, -0.2) is 0 Å². The first kappa shape index (κ1) is 22.0. The zero-order chi connectivity index (χ0) is 22.2. The highest BCUT2D eigenvalue weighted by Gasteiger charge is 2.71. The van der Waals surface area contributed by atoms with Crippen molar-refractivity contribution in [1.82, 2.24) is 0 Å². The Bertz CT molecular complexity index is 879. The smallest absolute Gasteiger partial charge is 0.188 e. The van der Waals surface area contributed by atoms with E-state index in [1.54, 1.807) is 0 Å². The molecular formula is C26H32O6. The molecule has 3 unspecified atom stereocenters. The number of hydrogen-bond donors (Lipinski definition) is 1. The molecule has 2 saturated heterocycles. The van der Waals surface area contributed by atoms with Gasteiger partial charge in [-0.2, -0.15) is 0 Å². The summed E-state index contributed by atoms with van der Waals surface area (Å²) in [4.78, 5) is 0. The molecule has 3 aliphatic rings. The van der Waals surface area contributed by atoms with Crippen LogP contribution in [0.2, 0.25) is 0 Å². The van der Waals surface area contributed by atoms with Gasteiger partial charge in [0.1, 0.15) is 11.7 Å². The van der Waals surface area contributed by atoms with Crippen LogP contribution in [0.5, 0.6) is 0 Å². The molecule has 0 spiro atoms. The summed E-state index contributed by atoms with van der Waals surface area (Å²) in [6.07, 6.45) is 0.589. The van der Waals surface area contributed by atoms with E-state index in [1.165, 1.54) is 0 Å². The van der Waals surface area contributed by atoms with E-state index in [0.717, 1.165) is 24.0 Å². The molecule has 1 N–H and O–H groups in total. The van der Waals surface area contributed by atoms with E-state index in [9.17, 15) is 5.11 Å². The molecule has 0 radical (unpaired) electrons. The van der Waals surface area contributed by atoms with E-state index in [1.807, 2.05) is 74.5 Å². The fraction of sp³-hybridized carbons (Fsp3) is 0.538. The molecule has 2 heterocycles. The van der Waals surface area contributed by atoms with Crippen LogP contribution in [0, 0.1) is 5.41 Å². The zero-order valence-electron chi connectivity index (χ0n) is 18.7. The monoisotopic (exact) mass is 440 g/mol. The normalized spacial score (nSPS) is 30.7. The van der Waals surface area contributed by atoms with Crippen molar-refractivity contribution in [2.75, 3.05) is 6.61 Å². The summed E-state index contributed by atoms with van der Waals surface area (Å²) in [5, 5.41) is 11.2. The summed E-state index contributed by atoms with van der Waals surface area (Å²) in [5.74, 6) is -0.675. The summed E-state index contributed by atoms with van der Waals surface area (Å²) in [5.41, 5.74) is 0.846. The molecule has 5 rings (SSSR count). The van der Waals surface area contributed by atoms with Crippen molar-refractivity contribution in [3.05, 3.63) is 71.8 Å². The van der Waals surface area contributed by atoms with E-state index in [0.29, 0.717) is 26.2 Å². The molecule has 4 atom stereocenters. The van der Waals surface area contributed by atoms with Gasteiger partial charge >= 0.3 is 0 Å². The minimum absolute atomic E-state index is 0.191. The Hall–Kier alpha value is -1.80. The summed E-state index contributed by atoms with van der Waals surface area (Å²) >= 11 is 0. The third kappa shape index (κ3) is 4.23. The maximum Gasteiger partial charge on any atom is 0.188 e. The fourth-order valence-electron chi connectivity index (χ4n) is 5.07. The van der Waals surface area contributed by atoms with Gasteiger partial charge in [-0.3, -0.25) is 0 Å². The minimum atomic E-state index is -0.963. The second kappa shape index (κ2) is 8.52. The molecule has 6 nitrogen and oxygen atoms in total. The molecule has 1 aliphatic carbocycles. The SMILES string of the molecule is CC1(C)OC2CC(COCc3ccccc3)(C3(C(O)OCc4ccccc4)CC3)O[C@@H]2O1. The Kier molecular flexibility index (Phi) is 5.86. The average molecular weight is 441 g/mol. The van der Waals surface area contributed by atoms with Crippen LogP contribution in [0.1, 0.15) is 44.2 Å². The lowest BCUT2D eigenvalue weighted by Gasteiger charge is -2.40. The highest BCUT2D eigenvalue weighted by Crippen LogP contribution is 2.63. The van der Waals surface area contributed by atoms with Crippen molar-refractivity contribution in [1.29, 1.82) is 0 Å². The van der Waals surface area contributed by atoms with E-state index >= 15 is 0 Å². The predicted molar refractivity (Wildman–Crippen MR) is 117 cm³/mol. The van der Waals surface area contributed by atoms with Crippen molar-refractivity contribution in [2.24, 2.45) is 5.41 Å². The van der Waals surface area contributed by atoms with Crippen molar-refractivity contribution in [3.8, 4) is 0 Å². The summed E-state index contributed by atoms with van der Waals surface area (Å²) < 4.78 is 30.8. The summed E-state index contributed by atoms with van der Waals surface area (Å²) in [7, 11) is 0. The van der Waals surface area contributed by atoms with Crippen molar-refractivity contribution in [3.63, 3.8) is 0 Å². The third-order valence-corrected chi connectivity index (χ3v) is 6.88. The van der Waals surface area contributed by atoms with Crippen LogP contribution in [0.3, 0.4) is 0 Å². The topological polar surface area (TPSA) is 66.4 Å². The van der Waals surface area contributed by atoms with Crippen LogP contribution in [-0.2, 0) is 36.9 Å². The number of hydrogen-bond acceptors (Lipinski definition) is 6. The minimum Gasteiger partial charge on any atom is -0.374 e. The van der Waals surface area contributed by atoms with Crippen LogP contribution in [0.25, 0.3) is 0 Å². The second-order valence-corrected chi connectivity index (χ2v) is 9.64. The number of benzene rings is 2. The average Bonchev–Trinajstić information content (AvgIpc) is 3.47. The lowest BCUT2D eigenvalue weighted by Crippen LogP contribution is -2.51. The summed E-state index contributed by atoms with van der Waals surface area (Å²) in [6.45, 7) is 4.96. The molecule has 0 bridgehead atoms. The van der Waals surface area contributed by atoms with E-state index < -0.39 is 29.4 Å². The van der Waals surface area contributed by atoms with Gasteiger partial charge < -0.3 is 28.8 Å². The Balaban J connectivity index is 1.31. The first-order chi connectivity index (χ1) is 15.4. The van der Waals surface area contributed by atoms with Crippen LogP contribution < -0.4 is 0 Å². The third-order valence-electron chi connectivity index (χ3n) is 6.88. The Morgan fingerprint density at radius 1 is 0.906 bits per heavy atom. The van der Waals surface area contributed by atoms with Crippen LogP contribution in [-0.4, -0.2) is 41.8 Å². The molecule has 3 fully saturated rings. The highest BCUT2D eigenvalue weighted by molar-refractivity contribution is 5.17. The molecule has 172 valence electrons. The number of rotatable bonds is 9. The molecule has 2 aromatic carbocycles. The lowest BCUT2D eigenvalue weighted by atomic mass is 9.81. The first-order valence-corrected chi connectivity index (χ1v) is 11.4. The molecule has 32 heavy (non-hydrogen) atoms. The van der Waals surface area contributed by atoms with Crippen molar-refractivity contribution >= 4 is 0 Å². The lowest BCUT2D eigenvalue weighted by molar-refractivity contribution is -0.277. The first-order valence-electron chi connectivity index (χ1n) is 11.4. The summed E-state index contributed by atoms with van der Waals surface area (Å²) in [6, 6.07) is 19.9. The molecule has 0 amide bonds. The quantitative estimate of drug-likeness (QED) is 0.591. The molecule has 2 aromatic rings. The van der Waals surface area contributed by atoms with Crippen LogP contribution in [0.15, 0.2) is 60.7 Å². The molecule has 0 aromatic heterocycles. The zero-order valence-corrected chi connectivity index (χ0v) is 18.7. The maximum atomic E-state index is 11.2. The molecular weight excluding hydrogens is 408 g/mol. The Labute approximate surface area is 189 Å². The van der Waals surface area contributed by atoms with Gasteiger partial charge in [0.05, 0.1) is 25.2 Å². The van der Waals surface area contributed by atoms with Crippen molar-refractivity contribution < 1.29 is 28.8 Å².